The summed E-state index contributed by atoms with van der Waals surface area (Å²) in [5.41, 5.74) is -4.40. The smallest absolute Gasteiger partial charge is 0.410 e. The summed E-state index contributed by atoms with van der Waals surface area (Å²) in [5.74, 6) is -5.22. The van der Waals surface area contributed by atoms with Crippen molar-refractivity contribution in [3.8, 4) is 11.3 Å². The van der Waals surface area contributed by atoms with E-state index in [0.717, 1.165) is 18.2 Å². The zero-order valence-corrected chi connectivity index (χ0v) is 32.2. The van der Waals surface area contributed by atoms with Gasteiger partial charge in [0.2, 0.25) is 0 Å². The largest absolute Gasteiger partial charge is 0.455 e. The highest BCUT2D eigenvalue weighted by Crippen LogP contribution is 2.48. The van der Waals surface area contributed by atoms with E-state index in [2.05, 4.69) is 9.97 Å². The van der Waals surface area contributed by atoms with Crippen LogP contribution in [-0.4, -0.2) is 85.7 Å². The number of Topliss-reactive ketones (excluding diaryl/α,β-unsaturated/α-hetero) is 2. The molecule has 2 aromatic rings. The molecule has 1 amide bonds. The van der Waals surface area contributed by atoms with Crippen molar-refractivity contribution >= 4 is 23.6 Å². The van der Waals surface area contributed by atoms with Crippen LogP contribution in [0.3, 0.4) is 0 Å². The highest BCUT2D eigenvalue weighted by Gasteiger charge is 2.61. The summed E-state index contributed by atoms with van der Waals surface area (Å²) >= 11 is 0. The topological polar surface area (TPSA) is 130 Å². The van der Waals surface area contributed by atoms with Gasteiger partial charge in [-0.3, -0.25) is 14.6 Å². The number of hydrogen-bond acceptors (Lipinski definition) is 9. The average Bonchev–Trinajstić information content (AvgIpc) is 3.65. The SMILES string of the molecule is CCC1OC(=O)C(C)(F)C(=O)C(C)C(C(C)(C)C)C(C)(OC)CC(C)C(=O)C(C)C2N(CCCCn3cnc(-c4cccnc4)c3)C(=O)OC12C. The lowest BCUT2D eigenvalue weighted by atomic mass is 9.61. The van der Waals surface area contributed by atoms with Gasteiger partial charge in [-0.05, 0) is 64.0 Å². The van der Waals surface area contributed by atoms with Crippen LogP contribution in [0.5, 0.6) is 0 Å². The zero-order valence-electron chi connectivity index (χ0n) is 32.2. The Kier molecular flexibility index (Phi) is 11.9. The van der Waals surface area contributed by atoms with Crippen LogP contribution in [0.2, 0.25) is 0 Å². The number of aromatic nitrogens is 3. The summed E-state index contributed by atoms with van der Waals surface area (Å²) < 4.78 is 36.5. The number of aryl methyl sites for hydroxylation is 1. The van der Waals surface area contributed by atoms with Gasteiger partial charge in [0.1, 0.15) is 11.9 Å². The van der Waals surface area contributed by atoms with Gasteiger partial charge >= 0.3 is 12.1 Å². The standard InChI is InChI=1S/C39H57FN4O7/c1-12-29-39(10)32(44(35(48)51-39)19-14-13-18-43-22-28(42-23-43)27-16-15-17-41-21-27)25(3)30(45)24(2)20-37(8,49-11)31(36(5,6)7)26(4)33(46)38(9,40)34(47)50-29/h15-17,21-26,29,31-32H,12-14,18-20H2,1-11H3. The molecule has 4 rings (SSSR count). The third-order valence-electron chi connectivity index (χ3n) is 11.3. The van der Waals surface area contributed by atoms with Crippen LogP contribution >= 0.6 is 0 Å². The van der Waals surface area contributed by atoms with Crippen molar-refractivity contribution in [1.82, 2.24) is 19.4 Å². The fourth-order valence-electron chi connectivity index (χ4n) is 9.08. The van der Waals surface area contributed by atoms with Crippen LogP contribution < -0.4 is 0 Å². The number of methoxy groups -OCH3 is 1. The molecule has 2 aromatic heterocycles. The number of rotatable bonds is 8. The number of halogens is 1. The lowest BCUT2D eigenvalue weighted by Crippen LogP contribution is -2.60. The highest BCUT2D eigenvalue weighted by molar-refractivity contribution is 6.07. The molecule has 0 bridgehead atoms. The number of nitrogens with zero attached hydrogens (tertiary/aromatic N) is 4. The number of pyridine rings is 1. The van der Waals surface area contributed by atoms with Gasteiger partial charge in [0.15, 0.2) is 11.4 Å². The molecule has 2 aliphatic heterocycles. The number of carbonyl (C=O) groups is 4. The van der Waals surface area contributed by atoms with Crippen molar-refractivity contribution in [1.29, 1.82) is 0 Å². The zero-order chi connectivity index (χ0) is 38.1. The van der Waals surface area contributed by atoms with E-state index >= 15 is 4.39 Å². The van der Waals surface area contributed by atoms with Gasteiger partial charge in [0.25, 0.3) is 5.67 Å². The molecule has 11 nitrogen and oxygen atoms in total. The van der Waals surface area contributed by atoms with Crippen LogP contribution in [0.15, 0.2) is 37.1 Å². The first-order valence-corrected chi connectivity index (χ1v) is 18.2. The second-order valence-corrected chi connectivity index (χ2v) is 16.3. The fraction of sp³-hybridized carbons (Fsp3) is 0.692. The molecule has 0 spiro atoms. The highest BCUT2D eigenvalue weighted by atomic mass is 19.1. The van der Waals surface area contributed by atoms with Gasteiger partial charge in [-0.2, -0.15) is 0 Å². The van der Waals surface area contributed by atoms with Crippen molar-refractivity contribution in [2.45, 2.75) is 130 Å². The molecule has 282 valence electrons. The van der Waals surface area contributed by atoms with E-state index in [0.29, 0.717) is 19.4 Å². The predicted molar refractivity (Wildman–Crippen MR) is 190 cm³/mol. The minimum absolute atomic E-state index is 0.112. The molecule has 2 aliphatic rings. The first-order valence-electron chi connectivity index (χ1n) is 18.2. The molecule has 9 atom stereocenters. The molecule has 2 fully saturated rings. The molecule has 0 aromatic carbocycles. The Morgan fingerprint density at radius 3 is 2.29 bits per heavy atom. The van der Waals surface area contributed by atoms with Gasteiger partial charge in [-0.15, -0.1) is 0 Å². The van der Waals surface area contributed by atoms with Crippen molar-refractivity contribution in [3.63, 3.8) is 0 Å². The van der Waals surface area contributed by atoms with E-state index in [-0.39, 0.29) is 25.2 Å². The number of cyclic esters (lactones) is 1. The molecule has 9 unspecified atom stereocenters. The lowest BCUT2D eigenvalue weighted by Gasteiger charge is -2.49. The molecule has 4 heterocycles. The average molecular weight is 713 g/mol. The predicted octanol–water partition coefficient (Wildman–Crippen LogP) is 6.87. The van der Waals surface area contributed by atoms with Crippen LogP contribution in [0.4, 0.5) is 9.18 Å². The van der Waals surface area contributed by atoms with Crippen LogP contribution in [0.25, 0.3) is 11.3 Å². The monoisotopic (exact) mass is 712 g/mol. The molecule has 0 N–H and O–H groups in total. The Balaban J connectivity index is 1.67. The summed E-state index contributed by atoms with van der Waals surface area (Å²) in [6, 6.07) is 2.96. The van der Waals surface area contributed by atoms with E-state index in [1.807, 2.05) is 57.5 Å². The fourth-order valence-corrected chi connectivity index (χ4v) is 9.08. The Hall–Kier alpha value is -3.67. The number of carbonyl (C=O) groups excluding carboxylic acids is 4. The summed E-state index contributed by atoms with van der Waals surface area (Å²) in [6.45, 7) is 18.1. The van der Waals surface area contributed by atoms with Crippen molar-refractivity contribution in [2.24, 2.45) is 29.1 Å². The summed E-state index contributed by atoms with van der Waals surface area (Å²) in [7, 11) is 1.53. The Morgan fingerprint density at radius 2 is 1.71 bits per heavy atom. The van der Waals surface area contributed by atoms with Gasteiger partial charge in [-0.1, -0.05) is 48.5 Å². The van der Waals surface area contributed by atoms with Gasteiger partial charge in [-0.25, -0.2) is 19.0 Å². The molecule has 51 heavy (non-hydrogen) atoms. The number of amides is 1. The minimum Gasteiger partial charge on any atom is -0.455 e. The second kappa shape index (κ2) is 15.1. The lowest BCUT2D eigenvalue weighted by molar-refractivity contribution is -0.183. The molecule has 0 aliphatic carbocycles. The maximum absolute atomic E-state index is 16.5. The van der Waals surface area contributed by atoms with Crippen molar-refractivity contribution in [2.75, 3.05) is 13.7 Å². The quantitative estimate of drug-likeness (QED) is 0.164. The molecule has 0 radical (unpaired) electrons. The number of esters is 1. The van der Waals surface area contributed by atoms with Crippen LogP contribution in [0.1, 0.15) is 94.9 Å². The van der Waals surface area contributed by atoms with Gasteiger partial charge in [0.05, 0.1) is 23.7 Å². The van der Waals surface area contributed by atoms with Crippen LogP contribution in [-0.2, 0) is 35.1 Å². The third kappa shape index (κ3) is 7.90. The third-order valence-corrected chi connectivity index (χ3v) is 11.3. The Labute approximate surface area is 302 Å². The number of imidazole rings is 1. The molecular weight excluding hydrogens is 655 g/mol. The summed E-state index contributed by atoms with van der Waals surface area (Å²) in [6.07, 6.45) is 7.06. The second-order valence-electron chi connectivity index (χ2n) is 16.3. The number of ether oxygens (including phenoxy) is 3. The van der Waals surface area contributed by atoms with E-state index < -0.39 is 75.9 Å². The molecule has 2 saturated heterocycles. The Bertz CT molecular complexity index is 1570. The van der Waals surface area contributed by atoms with E-state index in [1.54, 1.807) is 51.3 Å². The van der Waals surface area contributed by atoms with Gasteiger partial charge in [0, 0.05) is 68.0 Å². The first-order chi connectivity index (χ1) is 23.7. The van der Waals surface area contributed by atoms with Crippen molar-refractivity contribution in [3.05, 3.63) is 37.1 Å². The molecular formula is C39H57FN4O7. The molecule has 12 heteroatoms. The molecule has 0 saturated carbocycles. The van der Waals surface area contributed by atoms with Crippen LogP contribution in [0, 0.1) is 29.1 Å². The Morgan fingerprint density at radius 1 is 1.04 bits per heavy atom. The number of hydrogen-bond donors (Lipinski definition) is 0. The maximum Gasteiger partial charge on any atom is 0.410 e. The first kappa shape index (κ1) is 40.1. The number of alkyl halides is 1. The van der Waals surface area contributed by atoms with E-state index in [9.17, 15) is 19.2 Å². The number of ketones is 2. The number of unbranched alkanes of at least 4 members (excludes halogenated alkanes) is 1. The summed E-state index contributed by atoms with van der Waals surface area (Å²) in [4.78, 5) is 66.0. The maximum atomic E-state index is 16.5. The van der Waals surface area contributed by atoms with E-state index in [1.165, 1.54) is 7.11 Å². The minimum atomic E-state index is -2.99. The summed E-state index contributed by atoms with van der Waals surface area (Å²) in [5, 5.41) is 0. The normalized spacial score (nSPS) is 34.2. The van der Waals surface area contributed by atoms with E-state index in [4.69, 9.17) is 14.2 Å². The van der Waals surface area contributed by atoms with Gasteiger partial charge < -0.3 is 23.7 Å². The van der Waals surface area contributed by atoms with Crippen molar-refractivity contribution < 1.29 is 37.8 Å². The number of fused-ring (bicyclic) bond motifs is 1.